The van der Waals surface area contributed by atoms with E-state index in [1.807, 2.05) is 12.1 Å². The quantitative estimate of drug-likeness (QED) is 0.639. The maximum atomic E-state index is 10.4. The molecule has 86 valence electrons. The summed E-state index contributed by atoms with van der Waals surface area (Å²) in [5, 5.41) is 10.4. The van der Waals surface area contributed by atoms with E-state index in [0.717, 1.165) is 18.4 Å². The second kappa shape index (κ2) is 5.32. The lowest BCUT2D eigenvalue weighted by molar-refractivity contribution is 0.207. The standard InChI is InChI=1S/C14H17IO/c1-10-6-5-9-12(13(10)15)14(16)11-7-3-2-4-8-11/h5-7,9,14,16H,2-4,8H2,1H3. The Hall–Kier alpha value is -0.350. The Kier molecular flexibility index (Phi) is 4.03. The summed E-state index contributed by atoms with van der Waals surface area (Å²) in [5.41, 5.74) is 3.51. The Bertz CT molecular complexity index is 409. The molecule has 1 unspecified atom stereocenters. The third-order valence-corrected chi connectivity index (χ3v) is 4.67. The average Bonchev–Trinajstić information content (AvgIpc) is 2.33. The van der Waals surface area contributed by atoms with Crippen LogP contribution in [-0.4, -0.2) is 5.11 Å². The number of hydrogen-bond donors (Lipinski definition) is 1. The van der Waals surface area contributed by atoms with Crippen LogP contribution in [0.4, 0.5) is 0 Å². The summed E-state index contributed by atoms with van der Waals surface area (Å²) in [5.74, 6) is 0. The third kappa shape index (κ3) is 2.48. The maximum Gasteiger partial charge on any atom is 0.101 e. The molecule has 1 atom stereocenters. The number of hydrogen-bond acceptors (Lipinski definition) is 1. The van der Waals surface area contributed by atoms with Gasteiger partial charge in [-0.05, 0) is 71.9 Å². The second-order valence-electron chi connectivity index (χ2n) is 4.41. The van der Waals surface area contributed by atoms with E-state index < -0.39 is 6.10 Å². The molecule has 0 spiro atoms. The van der Waals surface area contributed by atoms with Crippen LogP contribution in [0.5, 0.6) is 0 Å². The fourth-order valence-electron chi connectivity index (χ4n) is 2.19. The molecular weight excluding hydrogens is 311 g/mol. The highest BCUT2D eigenvalue weighted by Crippen LogP contribution is 2.32. The van der Waals surface area contributed by atoms with Gasteiger partial charge in [0.25, 0.3) is 0 Å². The van der Waals surface area contributed by atoms with E-state index in [1.54, 1.807) is 0 Å². The summed E-state index contributed by atoms with van der Waals surface area (Å²) in [6.07, 6.45) is 6.46. The molecule has 2 heteroatoms. The zero-order chi connectivity index (χ0) is 11.5. The predicted molar refractivity (Wildman–Crippen MR) is 75.4 cm³/mol. The van der Waals surface area contributed by atoms with Crippen molar-refractivity contribution in [3.63, 3.8) is 0 Å². The van der Waals surface area contributed by atoms with Gasteiger partial charge in [-0.1, -0.05) is 24.3 Å². The summed E-state index contributed by atoms with van der Waals surface area (Å²) in [6.45, 7) is 2.09. The second-order valence-corrected chi connectivity index (χ2v) is 5.48. The van der Waals surface area contributed by atoms with E-state index in [1.165, 1.54) is 27.5 Å². The third-order valence-electron chi connectivity index (χ3n) is 3.19. The highest BCUT2D eigenvalue weighted by atomic mass is 127. The van der Waals surface area contributed by atoms with E-state index >= 15 is 0 Å². The molecule has 1 nitrogen and oxygen atoms in total. The van der Waals surface area contributed by atoms with Crippen molar-refractivity contribution < 1.29 is 5.11 Å². The summed E-state index contributed by atoms with van der Waals surface area (Å²) in [6, 6.07) is 6.15. The van der Waals surface area contributed by atoms with Gasteiger partial charge in [0, 0.05) is 3.57 Å². The number of rotatable bonds is 2. The zero-order valence-electron chi connectivity index (χ0n) is 9.54. The fourth-order valence-corrected chi connectivity index (χ4v) is 2.85. The number of halogens is 1. The summed E-state index contributed by atoms with van der Waals surface area (Å²) < 4.78 is 1.19. The number of aliphatic hydroxyl groups excluding tert-OH is 1. The normalized spacial score (nSPS) is 18.1. The van der Waals surface area contributed by atoms with Gasteiger partial charge in [-0.25, -0.2) is 0 Å². The molecule has 0 aromatic heterocycles. The van der Waals surface area contributed by atoms with Crippen LogP contribution in [0.2, 0.25) is 0 Å². The summed E-state index contributed by atoms with van der Waals surface area (Å²) in [7, 11) is 0. The number of aliphatic hydroxyl groups is 1. The van der Waals surface area contributed by atoms with Crippen LogP contribution < -0.4 is 0 Å². The minimum Gasteiger partial charge on any atom is -0.384 e. The van der Waals surface area contributed by atoms with Crippen LogP contribution in [0.25, 0.3) is 0 Å². The van der Waals surface area contributed by atoms with Crippen LogP contribution in [0.15, 0.2) is 29.8 Å². The van der Waals surface area contributed by atoms with E-state index in [2.05, 4.69) is 41.7 Å². The first-order valence-corrected chi connectivity index (χ1v) is 6.90. The molecule has 1 N–H and O–H groups in total. The molecule has 0 saturated heterocycles. The lowest BCUT2D eigenvalue weighted by Gasteiger charge is -2.20. The molecular formula is C14H17IO. The Morgan fingerprint density at radius 1 is 1.31 bits per heavy atom. The monoisotopic (exact) mass is 328 g/mol. The van der Waals surface area contributed by atoms with E-state index in [4.69, 9.17) is 0 Å². The van der Waals surface area contributed by atoms with Gasteiger partial charge in [-0.15, -0.1) is 0 Å². The van der Waals surface area contributed by atoms with E-state index in [-0.39, 0.29) is 0 Å². The lowest BCUT2D eigenvalue weighted by atomic mass is 9.91. The van der Waals surface area contributed by atoms with Gasteiger partial charge in [0.2, 0.25) is 0 Å². The van der Waals surface area contributed by atoms with Crippen molar-refractivity contribution in [3.05, 3.63) is 44.5 Å². The van der Waals surface area contributed by atoms with Crippen LogP contribution in [0, 0.1) is 10.5 Å². The van der Waals surface area contributed by atoms with E-state index in [9.17, 15) is 5.11 Å². The van der Waals surface area contributed by atoms with Crippen molar-refractivity contribution in [2.75, 3.05) is 0 Å². The Morgan fingerprint density at radius 2 is 2.12 bits per heavy atom. The SMILES string of the molecule is Cc1cccc(C(O)C2=CCCCC2)c1I. The molecule has 2 rings (SSSR count). The zero-order valence-corrected chi connectivity index (χ0v) is 11.7. The largest absolute Gasteiger partial charge is 0.384 e. The Balaban J connectivity index is 2.29. The minimum atomic E-state index is -0.396. The van der Waals surface area contributed by atoms with E-state index in [0.29, 0.717) is 0 Å². The van der Waals surface area contributed by atoms with Crippen LogP contribution in [0.3, 0.4) is 0 Å². The molecule has 0 aliphatic heterocycles. The van der Waals surface area contributed by atoms with Gasteiger partial charge >= 0.3 is 0 Å². The van der Waals surface area contributed by atoms with Crippen molar-refractivity contribution >= 4 is 22.6 Å². The molecule has 0 radical (unpaired) electrons. The molecule has 0 bridgehead atoms. The van der Waals surface area contributed by atoms with Crippen LogP contribution in [0.1, 0.15) is 42.9 Å². The lowest BCUT2D eigenvalue weighted by Crippen LogP contribution is -2.07. The first kappa shape index (κ1) is 12.1. The van der Waals surface area contributed by atoms with Crippen molar-refractivity contribution in [2.24, 2.45) is 0 Å². The molecule has 0 heterocycles. The van der Waals surface area contributed by atoms with Gasteiger partial charge in [0.05, 0.1) is 0 Å². The highest BCUT2D eigenvalue weighted by molar-refractivity contribution is 14.1. The van der Waals surface area contributed by atoms with Crippen molar-refractivity contribution in [1.29, 1.82) is 0 Å². The molecule has 1 aliphatic carbocycles. The highest BCUT2D eigenvalue weighted by Gasteiger charge is 2.18. The molecule has 0 fully saturated rings. The molecule has 1 aromatic carbocycles. The smallest absolute Gasteiger partial charge is 0.101 e. The van der Waals surface area contributed by atoms with Crippen LogP contribution >= 0.6 is 22.6 Å². The minimum absolute atomic E-state index is 0.396. The fraction of sp³-hybridized carbons (Fsp3) is 0.429. The van der Waals surface area contributed by atoms with Crippen molar-refractivity contribution in [2.45, 2.75) is 38.7 Å². The molecule has 1 aliphatic rings. The summed E-state index contributed by atoms with van der Waals surface area (Å²) >= 11 is 2.33. The summed E-state index contributed by atoms with van der Waals surface area (Å²) in [4.78, 5) is 0. The predicted octanol–water partition coefficient (Wildman–Crippen LogP) is 4.13. The number of allylic oxidation sites excluding steroid dienone is 1. The van der Waals surface area contributed by atoms with Crippen LogP contribution in [-0.2, 0) is 0 Å². The average molecular weight is 328 g/mol. The van der Waals surface area contributed by atoms with Gasteiger partial charge < -0.3 is 5.11 Å². The first-order valence-electron chi connectivity index (χ1n) is 5.82. The molecule has 0 amide bonds. The number of aryl methyl sites for hydroxylation is 1. The van der Waals surface area contributed by atoms with Gasteiger partial charge in [-0.2, -0.15) is 0 Å². The van der Waals surface area contributed by atoms with Crippen molar-refractivity contribution in [1.82, 2.24) is 0 Å². The molecule has 0 saturated carbocycles. The maximum absolute atomic E-state index is 10.4. The first-order chi connectivity index (χ1) is 7.70. The van der Waals surface area contributed by atoms with Gasteiger partial charge in [0.1, 0.15) is 6.10 Å². The van der Waals surface area contributed by atoms with Crippen molar-refractivity contribution in [3.8, 4) is 0 Å². The number of benzene rings is 1. The van der Waals surface area contributed by atoms with Gasteiger partial charge in [0.15, 0.2) is 0 Å². The molecule has 16 heavy (non-hydrogen) atoms. The Labute approximate surface area is 111 Å². The van der Waals surface area contributed by atoms with Gasteiger partial charge in [-0.3, -0.25) is 0 Å². The Morgan fingerprint density at radius 3 is 2.81 bits per heavy atom. The topological polar surface area (TPSA) is 20.2 Å². The molecule has 1 aromatic rings.